The van der Waals surface area contributed by atoms with Crippen LogP contribution in [0, 0.1) is 0 Å². The molecule has 4 nitrogen and oxygen atoms in total. The summed E-state index contributed by atoms with van der Waals surface area (Å²) in [5, 5.41) is 0. The zero-order chi connectivity index (χ0) is 13.8. The highest BCUT2D eigenvalue weighted by Gasteiger charge is 2.19. The SMILES string of the molecule is COc1ccc(CN2CCOCC2C)cc1C(N)=S. The zero-order valence-corrected chi connectivity index (χ0v) is 12.2. The Morgan fingerprint density at radius 3 is 3.00 bits per heavy atom. The summed E-state index contributed by atoms with van der Waals surface area (Å²) in [5.41, 5.74) is 7.73. The summed E-state index contributed by atoms with van der Waals surface area (Å²) in [4.78, 5) is 2.77. The van der Waals surface area contributed by atoms with E-state index in [4.69, 9.17) is 27.4 Å². The van der Waals surface area contributed by atoms with Gasteiger partial charge in [-0.05, 0) is 24.6 Å². The molecule has 2 rings (SSSR count). The predicted octanol–water partition coefficient (Wildman–Crippen LogP) is 1.55. The minimum atomic E-state index is 0.369. The quantitative estimate of drug-likeness (QED) is 0.848. The Kier molecular flexibility index (Phi) is 4.74. The highest BCUT2D eigenvalue weighted by atomic mass is 32.1. The molecule has 1 saturated heterocycles. The standard InChI is InChI=1S/C14H20N2O2S/c1-10-9-18-6-5-16(10)8-11-3-4-13(17-2)12(7-11)14(15)19/h3-4,7,10H,5-6,8-9H2,1-2H3,(H2,15,19). The Hall–Kier alpha value is -1.17. The molecule has 1 aromatic rings. The number of thiocarbonyl (C=S) groups is 1. The van der Waals surface area contributed by atoms with E-state index in [9.17, 15) is 0 Å². The first kappa shape index (κ1) is 14.2. The Bertz CT molecular complexity index is 465. The molecule has 1 aliphatic heterocycles. The molecule has 1 fully saturated rings. The lowest BCUT2D eigenvalue weighted by molar-refractivity contribution is -0.00437. The summed E-state index contributed by atoms with van der Waals surface area (Å²) in [5.74, 6) is 0.728. The van der Waals surface area contributed by atoms with E-state index in [2.05, 4.69) is 17.9 Å². The molecule has 1 aromatic carbocycles. The number of hydrogen-bond donors (Lipinski definition) is 1. The van der Waals surface area contributed by atoms with Crippen molar-refractivity contribution in [2.45, 2.75) is 19.5 Å². The van der Waals surface area contributed by atoms with Crippen LogP contribution in [-0.4, -0.2) is 42.8 Å². The van der Waals surface area contributed by atoms with E-state index in [1.54, 1.807) is 7.11 Å². The Morgan fingerprint density at radius 1 is 1.58 bits per heavy atom. The molecule has 0 amide bonds. The van der Waals surface area contributed by atoms with E-state index in [0.717, 1.165) is 37.6 Å². The van der Waals surface area contributed by atoms with Crippen molar-refractivity contribution in [2.75, 3.05) is 26.9 Å². The number of ether oxygens (including phenoxy) is 2. The average molecular weight is 280 g/mol. The van der Waals surface area contributed by atoms with Crippen molar-refractivity contribution >= 4 is 17.2 Å². The molecule has 1 unspecified atom stereocenters. The molecule has 0 aromatic heterocycles. The van der Waals surface area contributed by atoms with Crippen LogP contribution in [-0.2, 0) is 11.3 Å². The van der Waals surface area contributed by atoms with Gasteiger partial charge >= 0.3 is 0 Å². The van der Waals surface area contributed by atoms with Crippen LogP contribution in [0.4, 0.5) is 0 Å². The molecule has 0 radical (unpaired) electrons. The second-order valence-corrected chi connectivity index (χ2v) is 5.23. The second-order valence-electron chi connectivity index (χ2n) is 4.79. The summed E-state index contributed by atoms with van der Waals surface area (Å²) < 4.78 is 10.7. The Labute approximate surface area is 119 Å². The number of morpholine rings is 1. The van der Waals surface area contributed by atoms with Crippen LogP contribution in [0.5, 0.6) is 5.75 Å². The average Bonchev–Trinajstić information content (AvgIpc) is 2.41. The third-order valence-corrected chi connectivity index (χ3v) is 3.64. The van der Waals surface area contributed by atoms with Gasteiger partial charge in [-0.3, -0.25) is 4.90 Å². The molecule has 0 spiro atoms. The molecular formula is C14H20N2O2S. The van der Waals surface area contributed by atoms with E-state index in [1.165, 1.54) is 5.56 Å². The van der Waals surface area contributed by atoms with Crippen molar-refractivity contribution in [1.82, 2.24) is 4.90 Å². The summed E-state index contributed by atoms with van der Waals surface area (Å²) in [6.07, 6.45) is 0. The number of nitrogens with zero attached hydrogens (tertiary/aromatic N) is 1. The fourth-order valence-electron chi connectivity index (χ4n) is 2.28. The number of hydrogen-bond acceptors (Lipinski definition) is 4. The van der Waals surface area contributed by atoms with Gasteiger partial charge in [0.1, 0.15) is 10.7 Å². The molecule has 1 heterocycles. The lowest BCUT2D eigenvalue weighted by atomic mass is 10.1. The lowest BCUT2D eigenvalue weighted by Gasteiger charge is -2.33. The maximum atomic E-state index is 5.74. The smallest absolute Gasteiger partial charge is 0.129 e. The molecule has 2 N–H and O–H groups in total. The van der Waals surface area contributed by atoms with E-state index < -0.39 is 0 Å². The fraction of sp³-hybridized carbons (Fsp3) is 0.500. The normalized spacial score (nSPS) is 20.2. The third-order valence-electron chi connectivity index (χ3n) is 3.42. The Balaban J connectivity index is 2.16. The summed E-state index contributed by atoms with van der Waals surface area (Å²) in [6, 6.07) is 6.44. The molecule has 0 saturated carbocycles. The van der Waals surface area contributed by atoms with Crippen LogP contribution >= 0.6 is 12.2 Å². The maximum Gasteiger partial charge on any atom is 0.129 e. The highest BCUT2D eigenvalue weighted by Crippen LogP contribution is 2.21. The van der Waals surface area contributed by atoms with Gasteiger partial charge in [0.05, 0.1) is 25.9 Å². The first-order valence-corrected chi connectivity index (χ1v) is 6.81. The second kappa shape index (κ2) is 6.32. The summed E-state index contributed by atoms with van der Waals surface area (Å²) in [7, 11) is 1.63. The lowest BCUT2D eigenvalue weighted by Crippen LogP contribution is -2.42. The van der Waals surface area contributed by atoms with Crippen LogP contribution in [0.2, 0.25) is 0 Å². The van der Waals surface area contributed by atoms with Crippen molar-refractivity contribution < 1.29 is 9.47 Å². The summed E-state index contributed by atoms with van der Waals surface area (Å²) >= 11 is 5.07. The van der Waals surface area contributed by atoms with Crippen molar-refractivity contribution in [2.24, 2.45) is 5.73 Å². The minimum absolute atomic E-state index is 0.369. The van der Waals surface area contributed by atoms with Crippen LogP contribution in [0.25, 0.3) is 0 Å². The molecule has 1 aliphatic rings. The van der Waals surface area contributed by atoms with Crippen LogP contribution in [0.1, 0.15) is 18.1 Å². The number of rotatable bonds is 4. The first-order chi connectivity index (χ1) is 9.11. The van der Waals surface area contributed by atoms with Crippen molar-refractivity contribution in [1.29, 1.82) is 0 Å². The molecule has 5 heteroatoms. The predicted molar refractivity (Wildman–Crippen MR) is 79.6 cm³/mol. The largest absolute Gasteiger partial charge is 0.496 e. The maximum absolute atomic E-state index is 5.74. The van der Waals surface area contributed by atoms with Gasteiger partial charge in [-0.1, -0.05) is 18.3 Å². The van der Waals surface area contributed by atoms with Gasteiger partial charge < -0.3 is 15.2 Å². The van der Waals surface area contributed by atoms with E-state index in [1.807, 2.05) is 12.1 Å². The van der Waals surface area contributed by atoms with Gasteiger partial charge in [0.25, 0.3) is 0 Å². The van der Waals surface area contributed by atoms with Crippen LogP contribution in [0.3, 0.4) is 0 Å². The minimum Gasteiger partial charge on any atom is -0.496 e. The van der Waals surface area contributed by atoms with Gasteiger partial charge in [-0.25, -0.2) is 0 Å². The molecule has 19 heavy (non-hydrogen) atoms. The molecule has 104 valence electrons. The van der Waals surface area contributed by atoms with Crippen LogP contribution in [0.15, 0.2) is 18.2 Å². The molecule has 0 aliphatic carbocycles. The van der Waals surface area contributed by atoms with Gasteiger partial charge in [-0.15, -0.1) is 0 Å². The van der Waals surface area contributed by atoms with Crippen molar-refractivity contribution in [3.63, 3.8) is 0 Å². The highest BCUT2D eigenvalue weighted by molar-refractivity contribution is 7.80. The zero-order valence-electron chi connectivity index (χ0n) is 11.4. The van der Waals surface area contributed by atoms with E-state index in [0.29, 0.717) is 11.0 Å². The monoisotopic (exact) mass is 280 g/mol. The summed E-state index contributed by atoms with van der Waals surface area (Å²) in [6.45, 7) is 5.60. The van der Waals surface area contributed by atoms with Crippen LogP contribution < -0.4 is 10.5 Å². The first-order valence-electron chi connectivity index (χ1n) is 6.40. The van der Waals surface area contributed by atoms with Gasteiger partial charge in [0.15, 0.2) is 0 Å². The van der Waals surface area contributed by atoms with Gasteiger partial charge in [-0.2, -0.15) is 0 Å². The third kappa shape index (κ3) is 3.43. The number of benzene rings is 1. The van der Waals surface area contributed by atoms with Gasteiger partial charge in [0.2, 0.25) is 0 Å². The van der Waals surface area contributed by atoms with E-state index >= 15 is 0 Å². The number of methoxy groups -OCH3 is 1. The van der Waals surface area contributed by atoms with Crippen molar-refractivity contribution in [3.8, 4) is 5.75 Å². The Morgan fingerprint density at radius 2 is 2.37 bits per heavy atom. The molecule has 1 atom stereocenters. The topological polar surface area (TPSA) is 47.7 Å². The fourth-order valence-corrected chi connectivity index (χ4v) is 2.44. The van der Waals surface area contributed by atoms with Crippen molar-refractivity contribution in [3.05, 3.63) is 29.3 Å². The van der Waals surface area contributed by atoms with E-state index in [-0.39, 0.29) is 0 Å². The van der Waals surface area contributed by atoms with Gasteiger partial charge in [0, 0.05) is 19.1 Å². The molecular weight excluding hydrogens is 260 g/mol. The molecule has 0 bridgehead atoms. The number of nitrogens with two attached hydrogens (primary N) is 1.